The predicted octanol–water partition coefficient (Wildman–Crippen LogP) is 3.70. The Morgan fingerprint density at radius 3 is 2.94 bits per heavy atom. The minimum atomic E-state index is -0.173. The molecular weight excluding hydrogens is 292 g/mol. The highest BCUT2D eigenvalue weighted by Crippen LogP contribution is 2.35. The highest BCUT2D eigenvalue weighted by Gasteiger charge is 2.29. The number of nitrogens with one attached hydrogen (secondary N) is 1. The lowest BCUT2D eigenvalue weighted by Crippen LogP contribution is -2.24. The highest BCUT2D eigenvalue weighted by atomic mass is 79.9. The Morgan fingerprint density at radius 1 is 1.50 bits per heavy atom. The zero-order chi connectivity index (χ0) is 11.5. The Hall–Kier alpha value is -0.120. The van der Waals surface area contributed by atoms with Crippen molar-refractivity contribution < 1.29 is 4.39 Å². The van der Waals surface area contributed by atoms with E-state index >= 15 is 0 Å². The number of rotatable bonds is 5. The molecule has 1 fully saturated rings. The normalized spacial score (nSPS) is 17.4. The van der Waals surface area contributed by atoms with E-state index in [0.29, 0.717) is 18.0 Å². The van der Waals surface area contributed by atoms with Crippen LogP contribution >= 0.6 is 27.5 Å². The number of alkyl halides is 1. The molecule has 16 heavy (non-hydrogen) atoms. The smallest absolute Gasteiger partial charge is 0.127 e. The molecule has 0 bridgehead atoms. The van der Waals surface area contributed by atoms with Crippen LogP contribution in [0, 0.1) is 11.7 Å². The van der Waals surface area contributed by atoms with Crippen LogP contribution in [0.1, 0.15) is 18.4 Å². The zero-order valence-corrected chi connectivity index (χ0v) is 11.2. The van der Waals surface area contributed by atoms with Gasteiger partial charge in [-0.15, -0.1) is 11.6 Å². The average Bonchev–Trinajstić information content (AvgIpc) is 3.06. The molecule has 1 N–H and O–H groups in total. The molecule has 88 valence electrons. The van der Waals surface area contributed by atoms with Crippen LogP contribution in [0.2, 0.25) is 0 Å². The molecule has 1 unspecified atom stereocenters. The van der Waals surface area contributed by atoms with Crippen LogP contribution < -0.4 is 5.32 Å². The minimum Gasteiger partial charge on any atom is -0.311 e. The summed E-state index contributed by atoms with van der Waals surface area (Å²) in [6, 6.07) is 4.97. The fraction of sp³-hybridized carbons (Fsp3) is 0.500. The molecule has 4 heteroatoms. The first kappa shape index (κ1) is 12.3. The summed E-state index contributed by atoms with van der Waals surface area (Å²) in [6.45, 7) is 1.28. The van der Waals surface area contributed by atoms with Gasteiger partial charge in [-0.1, -0.05) is 15.9 Å². The Balaban J connectivity index is 1.81. The maximum atomic E-state index is 13.4. The van der Waals surface area contributed by atoms with E-state index in [2.05, 4.69) is 21.2 Å². The Morgan fingerprint density at radius 2 is 2.25 bits per heavy atom. The SMILES string of the molecule is Fc1ccc(Br)cc1CNCC(Cl)C1CC1. The molecule has 1 aliphatic carbocycles. The molecule has 0 aliphatic heterocycles. The van der Waals surface area contributed by atoms with Gasteiger partial charge in [-0.2, -0.15) is 0 Å². The van der Waals surface area contributed by atoms with Crippen LogP contribution in [0.4, 0.5) is 4.39 Å². The molecule has 1 atom stereocenters. The lowest BCUT2D eigenvalue weighted by atomic mass is 10.2. The number of benzene rings is 1. The first-order valence-electron chi connectivity index (χ1n) is 5.45. The Labute approximate surface area is 109 Å². The van der Waals surface area contributed by atoms with Crippen LogP contribution in [-0.2, 0) is 6.54 Å². The van der Waals surface area contributed by atoms with Crippen molar-refractivity contribution in [2.75, 3.05) is 6.54 Å². The molecule has 1 aromatic carbocycles. The van der Waals surface area contributed by atoms with Crippen molar-refractivity contribution in [2.45, 2.75) is 24.8 Å². The van der Waals surface area contributed by atoms with Crippen molar-refractivity contribution in [2.24, 2.45) is 5.92 Å². The van der Waals surface area contributed by atoms with Gasteiger partial charge in [-0.25, -0.2) is 4.39 Å². The quantitative estimate of drug-likeness (QED) is 0.818. The number of hydrogen-bond donors (Lipinski definition) is 1. The summed E-state index contributed by atoms with van der Waals surface area (Å²) >= 11 is 9.48. The van der Waals surface area contributed by atoms with E-state index in [1.54, 1.807) is 12.1 Å². The third-order valence-corrected chi connectivity index (χ3v) is 3.80. The molecule has 0 radical (unpaired) electrons. The standard InChI is InChI=1S/C12H14BrClFN/c13-10-3-4-12(15)9(5-10)6-16-7-11(14)8-1-2-8/h3-5,8,11,16H,1-2,6-7H2. The van der Waals surface area contributed by atoms with Gasteiger partial charge < -0.3 is 5.32 Å². The first-order chi connectivity index (χ1) is 7.66. The van der Waals surface area contributed by atoms with Crippen LogP contribution in [0.3, 0.4) is 0 Å². The van der Waals surface area contributed by atoms with E-state index < -0.39 is 0 Å². The van der Waals surface area contributed by atoms with Gasteiger partial charge in [-0.3, -0.25) is 0 Å². The largest absolute Gasteiger partial charge is 0.311 e. The molecule has 0 aromatic heterocycles. The molecule has 1 saturated carbocycles. The molecule has 1 nitrogen and oxygen atoms in total. The van der Waals surface area contributed by atoms with Crippen molar-refractivity contribution in [1.82, 2.24) is 5.32 Å². The number of halogens is 3. The maximum Gasteiger partial charge on any atom is 0.127 e. The van der Waals surface area contributed by atoms with E-state index in [1.165, 1.54) is 18.9 Å². The van der Waals surface area contributed by atoms with Crippen molar-refractivity contribution in [1.29, 1.82) is 0 Å². The molecule has 1 aliphatic rings. The highest BCUT2D eigenvalue weighted by molar-refractivity contribution is 9.10. The minimum absolute atomic E-state index is 0.173. The number of hydrogen-bond acceptors (Lipinski definition) is 1. The molecule has 0 saturated heterocycles. The molecule has 2 rings (SSSR count). The molecule has 1 aromatic rings. The van der Waals surface area contributed by atoms with Gasteiger partial charge in [0, 0.05) is 28.5 Å². The summed E-state index contributed by atoms with van der Waals surface area (Å²) in [7, 11) is 0. The summed E-state index contributed by atoms with van der Waals surface area (Å²) < 4.78 is 14.3. The van der Waals surface area contributed by atoms with E-state index in [0.717, 1.165) is 11.0 Å². The zero-order valence-electron chi connectivity index (χ0n) is 8.85. The van der Waals surface area contributed by atoms with Crippen LogP contribution in [0.5, 0.6) is 0 Å². The fourth-order valence-corrected chi connectivity index (χ4v) is 2.42. The second-order valence-corrected chi connectivity index (χ2v) is 5.70. The Kier molecular flexibility index (Phi) is 4.22. The molecule has 0 spiro atoms. The average molecular weight is 307 g/mol. The topological polar surface area (TPSA) is 12.0 Å². The van der Waals surface area contributed by atoms with Gasteiger partial charge in [0.25, 0.3) is 0 Å². The molecule has 0 amide bonds. The van der Waals surface area contributed by atoms with Gasteiger partial charge in [0.05, 0.1) is 0 Å². The predicted molar refractivity (Wildman–Crippen MR) is 68.2 cm³/mol. The van der Waals surface area contributed by atoms with Crippen molar-refractivity contribution >= 4 is 27.5 Å². The third-order valence-electron chi connectivity index (χ3n) is 2.80. The summed E-state index contributed by atoms with van der Waals surface area (Å²) in [4.78, 5) is 0. The van der Waals surface area contributed by atoms with Crippen molar-refractivity contribution in [3.63, 3.8) is 0 Å². The van der Waals surface area contributed by atoms with Crippen molar-refractivity contribution in [3.8, 4) is 0 Å². The summed E-state index contributed by atoms with van der Waals surface area (Å²) in [6.07, 6.45) is 2.47. The molecule has 0 heterocycles. The van der Waals surface area contributed by atoms with E-state index in [4.69, 9.17) is 11.6 Å². The monoisotopic (exact) mass is 305 g/mol. The second-order valence-electron chi connectivity index (χ2n) is 4.22. The van der Waals surface area contributed by atoms with Gasteiger partial charge in [0.15, 0.2) is 0 Å². The summed E-state index contributed by atoms with van der Waals surface area (Å²) in [5, 5.41) is 3.39. The van der Waals surface area contributed by atoms with Gasteiger partial charge in [0.2, 0.25) is 0 Å². The van der Waals surface area contributed by atoms with Crippen LogP contribution in [0.15, 0.2) is 22.7 Å². The summed E-state index contributed by atoms with van der Waals surface area (Å²) in [5.74, 6) is 0.495. The van der Waals surface area contributed by atoms with Gasteiger partial charge in [0.1, 0.15) is 5.82 Å². The lowest BCUT2D eigenvalue weighted by molar-refractivity contribution is 0.574. The fourth-order valence-electron chi connectivity index (χ4n) is 1.65. The van der Waals surface area contributed by atoms with Gasteiger partial charge >= 0.3 is 0 Å². The van der Waals surface area contributed by atoms with E-state index in [9.17, 15) is 4.39 Å². The summed E-state index contributed by atoms with van der Waals surface area (Å²) in [5.41, 5.74) is 0.675. The molecular formula is C12H14BrClFN. The lowest BCUT2D eigenvalue weighted by Gasteiger charge is -2.10. The maximum absolute atomic E-state index is 13.4. The second kappa shape index (κ2) is 5.48. The van der Waals surface area contributed by atoms with Crippen LogP contribution in [-0.4, -0.2) is 11.9 Å². The van der Waals surface area contributed by atoms with Crippen LogP contribution in [0.25, 0.3) is 0 Å². The van der Waals surface area contributed by atoms with Crippen molar-refractivity contribution in [3.05, 3.63) is 34.1 Å². The van der Waals surface area contributed by atoms with E-state index in [1.807, 2.05) is 0 Å². The van der Waals surface area contributed by atoms with Gasteiger partial charge in [-0.05, 0) is 37.0 Å². The Bertz CT molecular complexity index is 368. The first-order valence-corrected chi connectivity index (χ1v) is 6.68. The third kappa shape index (κ3) is 3.44. The van der Waals surface area contributed by atoms with E-state index in [-0.39, 0.29) is 11.2 Å².